The van der Waals surface area contributed by atoms with Gasteiger partial charge < -0.3 is 9.84 Å². The highest BCUT2D eigenvalue weighted by atomic mass is 32.1. The topological polar surface area (TPSA) is 92.5 Å². The molecule has 0 aliphatic heterocycles. The van der Waals surface area contributed by atoms with Crippen LogP contribution >= 0.6 is 23.6 Å². The van der Waals surface area contributed by atoms with Crippen LogP contribution in [-0.4, -0.2) is 38.8 Å². The molecule has 0 bridgehead atoms. The highest BCUT2D eigenvalue weighted by Gasteiger charge is 2.09. The zero-order valence-corrected chi connectivity index (χ0v) is 13.9. The van der Waals surface area contributed by atoms with Gasteiger partial charge in [0.2, 0.25) is 4.77 Å². The Balaban J connectivity index is 1.91. The molecule has 2 heterocycles. The van der Waals surface area contributed by atoms with Crippen molar-refractivity contribution in [2.75, 3.05) is 6.61 Å². The lowest BCUT2D eigenvalue weighted by Crippen LogP contribution is -2.10. The van der Waals surface area contributed by atoms with E-state index in [1.165, 1.54) is 16.0 Å². The zero-order chi connectivity index (χ0) is 16.9. The van der Waals surface area contributed by atoms with Crippen molar-refractivity contribution in [2.45, 2.75) is 0 Å². The first-order valence-electron chi connectivity index (χ1n) is 6.84. The smallest absolute Gasteiger partial charge is 0.341 e. The van der Waals surface area contributed by atoms with E-state index in [1.807, 2.05) is 23.6 Å². The lowest BCUT2D eigenvalue weighted by molar-refractivity contribution is -0.139. The molecular weight excluding hydrogens is 348 g/mol. The average Bonchev–Trinajstić information content (AvgIpc) is 3.21. The number of benzene rings is 1. The fraction of sp³-hybridized carbons (Fsp3) is 0.0667. The van der Waals surface area contributed by atoms with Crippen molar-refractivity contribution in [1.82, 2.24) is 14.9 Å². The Morgan fingerprint density at radius 3 is 3.00 bits per heavy atom. The third-order valence-corrected chi connectivity index (χ3v) is 4.10. The molecule has 1 aromatic carbocycles. The summed E-state index contributed by atoms with van der Waals surface area (Å²) >= 11 is 6.73. The minimum Gasteiger partial charge on any atom is -0.481 e. The van der Waals surface area contributed by atoms with Gasteiger partial charge in [-0.15, -0.1) is 11.3 Å². The third kappa shape index (κ3) is 3.58. The molecule has 7 nitrogen and oxygen atoms in total. The highest BCUT2D eigenvalue weighted by molar-refractivity contribution is 7.71. The number of para-hydroxylation sites is 1. The minimum absolute atomic E-state index is 0.360. The van der Waals surface area contributed by atoms with Gasteiger partial charge in [0.1, 0.15) is 5.75 Å². The molecule has 0 unspecified atom stereocenters. The molecule has 3 aromatic rings. The Morgan fingerprint density at radius 1 is 1.42 bits per heavy atom. The van der Waals surface area contributed by atoms with Crippen molar-refractivity contribution >= 4 is 35.7 Å². The van der Waals surface area contributed by atoms with Gasteiger partial charge in [0.05, 0.1) is 11.1 Å². The van der Waals surface area contributed by atoms with Gasteiger partial charge in [0, 0.05) is 5.56 Å². The van der Waals surface area contributed by atoms with Gasteiger partial charge in [-0.3, -0.25) is 0 Å². The summed E-state index contributed by atoms with van der Waals surface area (Å²) in [7, 11) is 0. The number of nitrogens with one attached hydrogen (secondary N) is 1. The Kier molecular flexibility index (Phi) is 4.82. The molecule has 122 valence electrons. The van der Waals surface area contributed by atoms with Crippen molar-refractivity contribution in [3.05, 3.63) is 52.1 Å². The van der Waals surface area contributed by atoms with Crippen LogP contribution in [0.5, 0.6) is 5.75 Å². The van der Waals surface area contributed by atoms with Crippen molar-refractivity contribution in [2.24, 2.45) is 5.10 Å². The first-order valence-corrected chi connectivity index (χ1v) is 8.13. The molecule has 0 spiro atoms. The number of hydrogen-bond acceptors (Lipinski definition) is 6. The number of aliphatic carboxylic acids is 1. The predicted molar refractivity (Wildman–Crippen MR) is 93.3 cm³/mol. The van der Waals surface area contributed by atoms with E-state index >= 15 is 0 Å². The first kappa shape index (κ1) is 16.1. The van der Waals surface area contributed by atoms with Crippen LogP contribution in [0.2, 0.25) is 0 Å². The zero-order valence-electron chi connectivity index (χ0n) is 12.2. The summed E-state index contributed by atoms with van der Waals surface area (Å²) in [6.45, 7) is -0.420. The molecule has 0 radical (unpaired) electrons. The van der Waals surface area contributed by atoms with E-state index in [0.29, 0.717) is 21.9 Å². The molecule has 0 aliphatic carbocycles. The molecule has 0 atom stereocenters. The lowest BCUT2D eigenvalue weighted by atomic mass is 10.2. The summed E-state index contributed by atoms with van der Waals surface area (Å²) in [5.41, 5.74) is 0.638. The number of aromatic amines is 1. The second-order valence-electron chi connectivity index (χ2n) is 4.61. The molecule has 0 saturated heterocycles. The van der Waals surface area contributed by atoms with Gasteiger partial charge in [0.25, 0.3) is 0 Å². The number of aromatic nitrogens is 3. The maximum atomic E-state index is 10.7. The van der Waals surface area contributed by atoms with Crippen LogP contribution in [-0.2, 0) is 4.79 Å². The van der Waals surface area contributed by atoms with Crippen LogP contribution < -0.4 is 4.74 Å². The number of thiophene rings is 1. The monoisotopic (exact) mass is 360 g/mol. The van der Waals surface area contributed by atoms with Crippen LogP contribution in [0.3, 0.4) is 0 Å². The van der Waals surface area contributed by atoms with Gasteiger partial charge in [-0.1, -0.05) is 18.2 Å². The Bertz CT molecular complexity index is 928. The minimum atomic E-state index is -1.04. The predicted octanol–water partition coefficient (Wildman–Crippen LogP) is 3.01. The molecule has 9 heteroatoms. The Labute approximate surface area is 145 Å². The van der Waals surface area contributed by atoms with Crippen molar-refractivity contribution in [3.8, 4) is 16.5 Å². The number of carbonyl (C=O) groups is 1. The lowest BCUT2D eigenvalue weighted by Gasteiger charge is -2.06. The summed E-state index contributed by atoms with van der Waals surface area (Å²) in [6, 6.07) is 10.9. The van der Waals surface area contributed by atoms with E-state index in [2.05, 4.69) is 15.3 Å². The van der Waals surface area contributed by atoms with Gasteiger partial charge in [-0.05, 0) is 35.8 Å². The number of ether oxygens (including phenoxy) is 1. The van der Waals surface area contributed by atoms with E-state index in [1.54, 1.807) is 24.4 Å². The molecule has 24 heavy (non-hydrogen) atoms. The summed E-state index contributed by atoms with van der Waals surface area (Å²) in [5, 5.41) is 21.9. The summed E-state index contributed by atoms with van der Waals surface area (Å²) in [4.78, 5) is 11.6. The van der Waals surface area contributed by atoms with E-state index in [0.717, 1.165) is 4.88 Å². The van der Waals surface area contributed by atoms with Crippen molar-refractivity contribution < 1.29 is 14.6 Å². The van der Waals surface area contributed by atoms with Gasteiger partial charge in [-0.25, -0.2) is 9.89 Å². The van der Waals surface area contributed by atoms with Crippen LogP contribution in [0.15, 0.2) is 46.9 Å². The number of H-pyrrole nitrogens is 1. The summed E-state index contributed by atoms with van der Waals surface area (Å²) in [5.74, 6) is -0.00898. The van der Waals surface area contributed by atoms with E-state index in [9.17, 15) is 4.79 Å². The maximum absolute atomic E-state index is 10.7. The van der Waals surface area contributed by atoms with Gasteiger partial charge in [0.15, 0.2) is 12.4 Å². The van der Waals surface area contributed by atoms with Gasteiger partial charge >= 0.3 is 5.97 Å². The normalized spacial score (nSPS) is 11.0. The van der Waals surface area contributed by atoms with Crippen molar-refractivity contribution in [1.29, 1.82) is 0 Å². The molecule has 2 aromatic heterocycles. The second kappa shape index (κ2) is 7.20. The summed E-state index contributed by atoms with van der Waals surface area (Å²) in [6.07, 6.45) is 1.56. The van der Waals surface area contributed by atoms with Crippen LogP contribution in [0.1, 0.15) is 5.56 Å². The molecule has 0 fully saturated rings. The Morgan fingerprint density at radius 2 is 2.25 bits per heavy atom. The molecule has 0 aliphatic rings. The number of rotatable bonds is 6. The fourth-order valence-electron chi connectivity index (χ4n) is 1.94. The molecule has 3 rings (SSSR count). The maximum Gasteiger partial charge on any atom is 0.341 e. The molecular formula is C15H12N4O3S2. The molecule has 0 amide bonds. The van der Waals surface area contributed by atoms with E-state index in [-0.39, 0.29) is 0 Å². The number of nitrogens with zero attached hydrogens (tertiary/aromatic N) is 3. The van der Waals surface area contributed by atoms with Crippen molar-refractivity contribution in [3.63, 3.8) is 0 Å². The third-order valence-electron chi connectivity index (χ3n) is 2.97. The average molecular weight is 360 g/mol. The summed E-state index contributed by atoms with van der Waals surface area (Å²) < 4.78 is 7.12. The Hall–Kier alpha value is -2.78. The van der Waals surface area contributed by atoms with E-state index in [4.69, 9.17) is 22.1 Å². The van der Waals surface area contributed by atoms with Crippen LogP contribution in [0.25, 0.3) is 10.7 Å². The largest absolute Gasteiger partial charge is 0.481 e. The standard InChI is InChI=1S/C15H12N4O3S2/c20-13(21)9-22-11-5-2-1-4-10(11)8-16-19-14(17-18-15(19)23)12-6-3-7-24-12/h1-8H,9H2,(H,18,23)(H,20,21)/b16-8+. The van der Waals surface area contributed by atoms with Crippen LogP contribution in [0.4, 0.5) is 0 Å². The number of hydrogen-bond donors (Lipinski definition) is 2. The molecule has 2 N–H and O–H groups in total. The first-order chi connectivity index (χ1) is 11.6. The molecule has 0 saturated carbocycles. The number of carboxylic acids is 1. The van der Waals surface area contributed by atoms with Gasteiger partial charge in [-0.2, -0.15) is 14.9 Å². The second-order valence-corrected chi connectivity index (χ2v) is 5.94. The SMILES string of the molecule is O=C(O)COc1ccccc1/C=N/n1c(-c2cccs2)n[nH]c1=S. The fourth-order valence-corrected chi connectivity index (χ4v) is 2.82. The van der Waals surface area contributed by atoms with Crippen LogP contribution in [0, 0.1) is 4.77 Å². The quantitative estimate of drug-likeness (QED) is 0.521. The van der Waals surface area contributed by atoms with E-state index < -0.39 is 12.6 Å². The number of carboxylic acid groups (broad SMARTS) is 1. The highest BCUT2D eigenvalue weighted by Crippen LogP contribution is 2.23.